The molecule has 0 spiro atoms. The van der Waals surface area contributed by atoms with E-state index in [1.807, 2.05) is 18.7 Å². The molecule has 1 saturated heterocycles. The third-order valence-electron chi connectivity index (χ3n) is 5.26. The zero-order valence-corrected chi connectivity index (χ0v) is 19.1. The second-order valence-electron chi connectivity index (χ2n) is 7.21. The Morgan fingerprint density at radius 1 is 1.16 bits per heavy atom. The van der Waals surface area contributed by atoms with Crippen LogP contribution in [0.15, 0.2) is 53.4 Å². The number of ether oxygens (including phenoxy) is 1. The fourth-order valence-electron chi connectivity index (χ4n) is 3.50. The minimum Gasteiger partial charge on any atom is -0.379 e. The molecular formula is C23H28FN3O4S. The summed E-state index contributed by atoms with van der Waals surface area (Å²) in [5.41, 5.74) is 1.38. The summed E-state index contributed by atoms with van der Waals surface area (Å²) in [5.74, 6) is -0.915. The summed E-state index contributed by atoms with van der Waals surface area (Å²) in [6.45, 7) is 6.58. The number of rotatable bonds is 8. The largest absolute Gasteiger partial charge is 0.379 e. The average Bonchev–Trinajstić information content (AvgIpc) is 2.80. The number of benzene rings is 2. The summed E-state index contributed by atoms with van der Waals surface area (Å²) < 4.78 is 46.6. The lowest BCUT2D eigenvalue weighted by Gasteiger charge is -2.28. The molecule has 1 fully saturated rings. The molecular weight excluding hydrogens is 433 g/mol. The van der Waals surface area contributed by atoms with E-state index < -0.39 is 21.7 Å². The summed E-state index contributed by atoms with van der Waals surface area (Å²) in [6.07, 6.45) is 2.61. The first-order valence-electron chi connectivity index (χ1n) is 10.6. The SMILES string of the molecule is CCN(CC)c1ccc(S(=O)(=O)N2CCOCC2)cc1NC(=O)/C=C/c1ccccc1F. The highest BCUT2D eigenvalue weighted by Gasteiger charge is 2.27. The number of nitrogens with one attached hydrogen (secondary N) is 1. The Labute approximate surface area is 188 Å². The van der Waals surface area contributed by atoms with Crippen LogP contribution in [0.2, 0.25) is 0 Å². The second-order valence-corrected chi connectivity index (χ2v) is 9.15. The Morgan fingerprint density at radius 3 is 2.50 bits per heavy atom. The van der Waals surface area contributed by atoms with E-state index in [-0.39, 0.29) is 23.5 Å². The van der Waals surface area contributed by atoms with E-state index in [2.05, 4.69) is 5.32 Å². The van der Waals surface area contributed by atoms with Crippen molar-refractivity contribution in [3.05, 3.63) is 59.9 Å². The van der Waals surface area contributed by atoms with Gasteiger partial charge in [0, 0.05) is 37.8 Å². The van der Waals surface area contributed by atoms with Crippen LogP contribution in [-0.4, -0.2) is 58.0 Å². The second kappa shape index (κ2) is 10.7. The highest BCUT2D eigenvalue weighted by atomic mass is 32.2. The van der Waals surface area contributed by atoms with Gasteiger partial charge in [0.25, 0.3) is 0 Å². The molecule has 1 N–H and O–H groups in total. The highest BCUT2D eigenvalue weighted by molar-refractivity contribution is 7.89. The first-order valence-corrected chi connectivity index (χ1v) is 12.0. The van der Waals surface area contributed by atoms with Gasteiger partial charge >= 0.3 is 0 Å². The quantitative estimate of drug-likeness (QED) is 0.610. The maximum atomic E-state index is 13.8. The zero-order valence-electron chi connectivity index (χ0n) is 18.3. The van der Waals surface area contributed by atoms with Crippen LogP contribution in [0.4, 0.5) is 15.8 Å². The van der Waals surface area contributed by atoms with Gasteiger partial charge in [-0.2, -0.15) is 4.31 Å². The van der Waals surface area contributed by atoms with E-state index in [1.165, 1.54) is 28.6 Å². The minimum absolute atomic E-state index is 0.101. The molecule has 9 heteroatoms. The van der Waals surface area contributed by atoms with Crippen LogP contribution in [-0.2, 0) is 19.6 Å². The van der Waals surface area contributed by atoms with Crippen LogP contribution in [0.25, 0.3) is 6.08 Å². The topological polar surface area (TPSA) is 79.0 Å². The molecule has 7 nitrogen and oxygen atoms in total. The summed E-state index contributed by atoms with van der Waals surface area (Å²) >= 11 is 0. The lowest BCUT2D eigenvalue weighted by Crippen LogP contribution is -2.40. The van der Waals surface area contributed by atoms with E-state index in [0.29, 0.717) is 37.7 Å². The molecule has 3 rings (SSSR count). The monoisotopic (exact) mass is 461 g/mol. The van der Waals surface area contributed by atoms with Gasteiger partial charge in [-0.3, -0.25) is 4.79 Å². The summed E-state index contributed by atoms with van der Waals surface area (Å²) in [6, 6.07) is 10.9. The highest BCUT2D eigenvalue weighted by Crippen LogP contribution is 2.30. The van der Waals surface area contributed by atoms with Crippen molar-refractivity contribution >= 4 is 33.4 Å². The molecule has 172 valence electrons. The van der Waals surface area contributed by atoms with Gasteiger partial charge in [0.1, 0.15) is 5.82 Å². The van der Waals surface area contributed by atoms with Crippen LogP contribution in [0, 0.1) is 5.82 Å². The first-order chi connectivity index (χ1) is 15.4. The number of amides is 1. The van der Waals surface area contributed by atoms with Crippen molar-refractivity contribution in [3.8, 4) is 0 Å². The Balaban J connectivity index is 1.91. The van der Waals surface area contributed by atoms with Crippen molar-refractivity contribution in [1.29, 1.82) is 0 Å². The molecule has 0 atom stereocenters. The van der Waals surface area contributed by atoms with Gasteiger partial charge in [-0.1, -0.05) is 18.2 Å². The molecule has 0 saturated carbocycles. The summed E-state index contributed by atoms with van der Waals surface area (Å²) in [7, 11) is -3.72. The number of carbonyl (C=O) groups is 1. The Morgan fingerprint density at radius 2 is 1.84 bits per heavy atom. The number of carbonyl (C=O) groups excluding carboxylic acids is 1. The molecule has 0 aliphatic carbocycles. The first kappa shape index (κ1) is 23.9. The lowest BCUT2D eigenvalue weighted by atomic mass is 10.2. The van der Waals surface area contributed by atoms with E-state index in [4.69, 9.17) is 4.74 Å². The number of anilines is 2. The smallest absolute Gasteiger partial charge is 0.248 e. The number of sulfonamides is 1. The minimum atomic E-state index is -3.72. The van der Waals surface area contributed by atoms with Crippen LogP contribution < -0.4 is 10.2 Å². The molecule has 1 heterocycles. The number of morpholine rings is 1. The van der Waals surface area contributed by atoms with Gasteiger partial charge < -0.3 is 15.0 Å². The van der Waals surface area contributed by atoms with E-state index >= 15 is 0 Å². The van der Waals surface area contributed by atoms with Crippen molar-refractivity contribution in [1.82, 2.24) is 4.31 Å². The fraction of sp³-hybridized carbons (Fsp3) is 0.348. The van der Waals surface area contributed by atoms with Crippen molar-refractivity contribution in [2.24, 2.45) is 0 Å². The molecule has 0 radical (unpaired) electrons. The molecule has 0 aromatic heterocycles. The van der Waals surface area contributed by atoms with Crippen molar-refractivity contribution in [3.63, 3.8) is 0 Å². The standard InChI is InChI=1S/C23H28FN3O4S/c1-3-26(4-2)22-11-10-19(32(29,30)27-13-15-31-16-14-27)17-21(22)25-23(28)12-9-18-7-5-6-8-20(18)24/h5-12,17H,3-4,13-16H2,1-2H3,(H,25,28)/b12-9+. The molecule has 1 aliphatic rings. The fourth-order valence-corrected chi connectivity index (χ4v) is 4.94. The lowest BCUT2D eigenvalue weighted by molar-refractivity contribution is -0.111. The third-order valence-corrected chi connectivity index (χ3v) is 7.15. The van der Waals surface area contributed by atoms with Gasteiger partial charge in [0.2, 0.25) is 15.9 Å². The third kappa shape index (κ3) is 5.53. The van der Waals surface area contributed by atoms with Gasteiger partial charge in [-0.25, -0.2) is 12.8 Å². The predicted octanol–water partition coefficient (Wildman–Crippen LogP) is 3.34. The normalized spacial score (nSPS) is 15.1. The molecule has 32 heavy (non-hydrogen) atoms. The van der Waals surface area contributed by atoms with Crippen LogP contribution in [0.3, 0.4) is 0 Å². The average molecular weight is 462 g/mol. The number of nitrogens with zero attached hydrogens (tertiary/aromatic N) is 2. The summed E-state index contributed by atoms with van der Waals surface area (Å²) in [5, 5.41) is 2.77. The van der Waals surface area contributed by atoms with Crippen LogP contribution >= 0.6 is 0 Å². The number of hydrogen-bond donors (Lipinski definition) is 1. The van der Waals surface area contributed by atoms with Crippen LogP contribution in [0.5, 0.6) is 0 Å². The zero-order chi connectivity index (χ0) is 23.1. The Kier molecular flexibility index (Phi) is 8.00. The maximum absolute atomic E-state index is 13.8. The molecule has 2 aromatic carbocycles. The summed E-state index contributed by atoms with van der Waals surface area (Å²) in [4.78, 5) is 14.7. The van der Waals surface area contributed by atoms with Gasteiger partial charge in [-0.15, -0.1) is 0 Å². The molecule has 0 bridgehead atoms. The van der Waals surface area contributed by atoms with Crippen LogP contribution in [0.1, 0.15) is 19.4 Å². The van der Waals surface area contributed by atoms with Crippen molar-refractivity contribution in [2.45, 2.75) is 18.7 Å². The predicted molar refractivity (Wildman–Crippen MR) is 124 cm³/mol. The van der Waals surface area contributed by atoms with Crippen molar-refractivity contribution in [2.75, 3.05) is 49.6 Å². The molecule has 2 aromatic rings. The van der Waals surface area contributed by atoms with E-state index in [0.717, 1.165) is 0 Å². The van der Waals surface area contributed by atoms with Gasteiger partial charge in [-0.05, 0) is 44.2 Å². The van der Waals surface area contributed by atoms with E-state index in [1.54, 1.807) is 30.3 Å². The van der Waals surface area contributed by atoms with E-state index in [9.17, 15) is 17.6 Å². The molecule has 0 unspecified atom stereocenters. The Hall–Kier alpha value is -2.75. The van der Waals surface area contributed by atoms with Gasteiger partial charge in [0.05, 0.1) is 29.5 Å². The number of halogens is 1. The molecule has 1 amide bonds. The molecule has 1 aliphatic heterocycles. The maximum Gasteiger partial charge on any atom is 0.248 e. The van der Waals surface area contributed by atoms with Crippen molar-refractivity contribution < 1.29 is 22.3 Å². The Bertz CT molecular complexity index is 1080. The number of hydrogen-bond acceptors (Lipinski definition) is 5. The van der Waals surface area contributed by atoms with Gasteiger partial charge in [0.15, 0.2) is 0 Å².